The number of hydrogen-bond donors (Lipinski definition) is 0. The Balaban J connectivity index is 1.59. The topological polar surface area (TPSA) is 93.7 Å². The fraction of sp³-hybridized carbons (Fsp3) is 0.0476. The van der Waals surface area contributed by atoms with Crippen LogP contribution in [0.5, 0.6) is 0 Å². The van der Waals surface area contributed by atoms with E-state index in [-0.39, 0.29) is 15.8 Å². The number of benzene rings is 2. The predicted octanol–water partition coefficient (Wildman–Crippen LogP) is 5.40. The molecule has 4 rings (SSSR count). The summed E-state index contributed by atoms with van der Waals surface area (Å²) in [5, 5.41) is 10.4. The van der Waals surface area contributed by atoms with E-state index >= 15 is 0 Å². The van der Waals surface area contributed by atoms with Gasteiger partial charge < -0.3 is 4.42 Å². The third-order valence-electron chi connectivity index (χ3n) is 4.41. The van der Waals surface area contributed by atoms with E-state index in [2.05, 4.69) is 0 Å². The molecule has 0 bridgehead atoms. The molecule has 144 valence electrons. The molecule has 1 aromatic heterocycles. The number of rotatable bonds is 4. The zero-order chi connectivity index (χ0) is 20.5. The van der Waals surface area contributed by atoms with Crippen LogP contribution in [0.3, 0.4) is 0 Å². The number of nitro groups is 1. The minimum absolute atomic E-state index is 0.00888. The molecule has 1 fully saturated rings. The van der Waals surface area contributed by atoms with E-state index in [4.69, 9.17) is 4.42 Å². The molecule has 0 radical (unpaired) electrons. The van der Waals surface area contributed by atoms with Crippen molar-refractivity contribution in [2.75, 3.05) is 4.90 Å². The number of imide groups is 1. The van der Waals surface area contributed by atoms with E-state index in [0.29, 0.717) is 22.8 Å². The molecule has 0 spiro atoms. The summed E-state index contributed by atoms with van der Waals surface area (Å²) in [6.45, 7) is 1.84. The molecule has 1 aliphatic heterocycles. The predicted molar refractivity (Wildman–Crippen MR) is 110 cm³/mol. The van der Waals surface area contributed by atoms with Crippen molar-refractivity contribution in [3.63, 3.8) is 0 Å². The monoisotopic (exact) mass is 406 g/mol. The normalized spacial score (nSPS) is 15.3. The number of nitrogens with zero attached hydrogens (tertiary/aromatic N) is 2. The number of hydrogen-bond acceptors (Lipinski definition) is 6. The van der Waals surface area contributed by atoms with Crippen molar-refractivity contribution in [3.8, 4) is 11.3 Å². The maximum Gasteiger partial charge on any atom is 0.298 e. The second-order valence-corrected chi connectivity index (χ2v) is 7.30. The number of carbonyl (C=O) groups is 2. The van der Waals surface area contributed by atoms with Gasteiger partial charge in [0.2, 0.25) is 0 Å². The van der Waals surface area contributed by atoms with Crippen LogP contribution in [0.25, 0.3) is 17.4 Å². The van der Waals surface area contributed by atoms with Crippen LogP contribution in [-0.4, -0.2) is 16.1 Å². The highest BCUT2D eigenvalue weighted by Crippen LogP contribution is 2.37. The number of amides is 2. The molecule has 0 N–H and O–H groups in total. The molecule has 1 saturated heterocycles. The summed E-state index contributed by atoms with van der Waals surface area (Å²) in [6, 6.07) is 16.5. The van der Waals surface area contributed by atoms with Crippen LogP contribution in [0.4, 0.5) is 16.2 Å². The van der Waals surface area contributed by atoms with Crippen LogP contribution >= 0.6 is 11.8 Å². The summed E-state index contributed by atoms with van der Waals surface area (Å²) in [7, 11) is 0. The molecule has 2 heterocycles. The van der Waals surface area contributed by atoms with Crippen molar-refractivity contribution in [2.45, 2.75) is 6.92 Å². The molecule has 0 saturated carbocycles. The number of furan rings is 1. The van der Waals surface area contributed by atoms with Crippen LogP contribution in [0.1, 0.15) is 11.3 Å². The molecule has 1 aliphatic rings. The Morgan fingerprint density at radius 3 is 2.45 bits per heavy atom. The van der Waals surface area contributed by atoms with Gasteiger partial charge in [-0.3, -0.25) is 19.7 Å². The van der Waals surface area contributed by atoms with Crippen LogP contribution in [0.15, 0.2) is 70.0 Å². The Morgan fingerprint density at radius 2 is 1.76 bits per heavy atom. The number of anilines is 1. The molecule has 0 aliphatic carbocycles. The second kappa shape index (κ2) is 7.40. The lowest BCUT2D eigenvalue weighted by atomic mass is 10.1. The van der Waals surface area contributed by atoms with E-state index < -0.39 is 10.8 Å². The molecular weight excluding hydrogens is 392 g/mol. The summed E-state index contributed by atoms with van der Waals surface area (Å²) < 4.78 is 5.74. The van der Waals surface area contributed by atoms with E-state index in [1.807, 2.05) is 19.1 Å². The van der Waals surface area contributed by atoms with Crippen molar-refractivity contribution >= 4 is 40.4 Å². The first kappa shape index (κ1) is 18.7. The zero-order valence-electron chi connectivity index (χ0n) is 15.2. The van der Waals surface area contributed by atoms with Gasteiger partial charge in [0.25, 0.3) is 16.8 Å². The van der Waals surface area contributed by atoms with Gasteiger partial charge in [0.1, 0.15) is 11.5 Å². The van der Waals surface area contributed by atoms with Gasteiger partial charge in [-0.25, -0.2) is 4.90 Å². The molecule has 8 heteroatoms. The number of non-ortho nitro benzene ring substituents is 1. The second-order valence-electron chi connectivity index (χ2n) is 6.31. The molecule has 29 heavy (non-hydrogen) atoms. The zero-order valence-corrected chi connectivity index (χ0v) is 16.0. The average molecular weight is 406 g/mol. The van der Waals surface area contributed by atoms with Crippen LogP contribution < -0.4 is 4.90 Å². The molecule has 0 atom stereocenters. The number of para-hydroxylation sites is 1. The quantitative estimate of drug-likeness (QED) is 0.327. The average Bonchev–Trinajstić information content (AvgIpc) is 3.27. The van der Waals surface area contributed by atoms with Gasteiger partial charge in [0, 0.05) is 23.8 Å². The minimum Gasteiger partial charge on any atom is -0.457 e. The largest absolute Gasteiger partial charge is 0.457 e. The fourth-order valence-corrected chi connectivity index (χ4v) is 3.77. The van der Waals surface area contributed by atoms with E-state index in [0.717, 1.165) is 22.2 Å². The third kappa shape index (κ3) is 3.57. The first-order valence-electron chi connectivity index (χ1n) is 8.62. The first-order chi connectivity index (χ1) is 13.9. The van der Waals surface area contributed by atoms with Gasteiger partial charge in [0.15, 0.2) is 0 Å². The fourth-order valence-electron chi connectivity index (χ4n) is 2.95. The van der Waals surface area contributed by atoms with Gasteiger partial charge in [-0.15, -0.1) is 0 Å². The Hall–Kier alpha value is -3.65. The maximum absolute atomic E-state index is 12.8. The van der Waals surface area contributed by atoms with Gasteiger partial charge in [-0.05, 0) is 54.6 Å². The summed E-state index contributed by atoms with van der Waals surface area (Å²) >= 11 is 0.854. The first-order valence-corrected chi connectivity index (χ1v) is 9.44. The maximum atomic E-state index is 12.8. The molecule has 2 amide bonds. The Labute approximate surface area is 169 Å². The molecule has 7 nitrogen and oxygen atoms in total. The lowest BCUT2D eigenvalue weighted by Gasteiger charge is -2.14. The number of aryl methyl sites for hydroxylation is 1. The van der Waals surface area contributed by atoms with Crippen molar-refractivity contribution in [1.29, 1.82) is 0 Å². The lowest BCUT2D eigenvalue weighted by Crippen LogP contribution is -2.28. The van der Waals surface area contributed by atoms with Crippen LogP contribution in [0.2, 0.25) is 0 Å². The lowest BCUT2D eigenvalue weighted by molar-refractivity contribution is -0.384. The van der Waals surface area contributed by atoms with Crippen molar-refractivity contribution in [2.24, 2.45) is 0 Å². The van der Waals surface area contributed by atoms with E-state index in [9.17, 15) is 19.7 Å². The van der Waals surface area contributed by atoms with Crippen molar-refractivity contribution < 1.29 is 18.9 Å². The van der Waals surface area contributed by atoms with Gasteiger partial charge >= 0.3 is 0 Å². The van der Waals surface area contributed by atoms with E-state index in [1.165, 1.54) is 18.2 Å². The Bertz CT molecular complexity index is 1160. The molecular formula is C21H14N2O5S. The molecule has 2 aromatic carbocycles. The number of carbonyl (C=O) groups excluding carboxylic acids is 2. The summed E-state index contributed by atoms with van der Waals surface area (Å²) in [5.41, 5.74) is 2.05. The Kier molecular flexibility index (Phi) is 4.77. The van der Waals surface area contributed by atoms with Gasteiger partial charge in [-0.2, -0.15) is 0 Å². The number of thioether (sulfide) groups is 1. The van der Waals surface area contributed by atoms with Gasteiger partial charge in [0.05, 0.1) is 15.5 Å². The standard InChI is InChI=1S/C21H14N2O5S/c1-13-4-2-3-5-17(13)22-20(24)19(29-21(22)25)12-16-10-11-18(28-16)14-6-8-15(9-7-14)23(26)27/h2-12H,1H3/b19-12+. The van der Waals surface area contributed by atoms with Crippen molar-refractivity contribution in [1.82, 2.24) is 0 Å². The van der Waals surface area contributed by atoms with Crippen molar-refractivity contribution in [3.05, 3.63) is 87.0 Å². The third-order valence-corrected chi connectivity index (χ3v) is 5.28. The highest BCUT2D eigenvalue weighted by molar-refractivity contribution is 8.19. The van der Waals surface area contributed by atoms with Gasteiger partial charge in [-0.1, -0.05) is 18.2 Å². The SMILES string of the molecule is Cc1ccccc1N1C(=O)S/C(=C/c2ccc(-c3ccc([N+](=O)[O-])cc3)o2)C1=O. The highest BCUT2D eigenvalue weighted by Gasteiger charge is 2.37. The Morgan fingerprint density at radius 1 is 1.03 bits per heavy atom. The molecule has 0 unspecified atom stereocenters. The summed E-state index contributed by atoms with van der Waals surface area (Å²) in [5.74, 6) is 0.514. The molecule has 3 aromatic rings. The summed E-state index contributed by atoms with van der Waals surface area (Å²) in [6.07, 6.45) is 1.53. The number of nitro benzene ring substituents is 1. The van der Waals surface area contributed by atoms with E-state index in [1.54, 1.807) is 36.4 Å². The highest BCUT2D eigenvalue weighted by atomic mass is 32.2. The van der Waals surface area contributed by atoms with Crippen LogP contribution in [0, 0.1) is 17.0 Å². The minimum atomic E-state index is -0.470. The van der Waals surface area contributed by atoms with Crippen LogP contribution in [-0.2, 0) is 4.79 Å². The smallest absolute Gasteiger partial charge is 0.298 e. The summed E-state index contributed by atoms with van der Waals surface area (Å²) in [4.78, 5) is 36.9.